The number of aromatic nitrogens is 1. The van der Waals surface area contributed by atoms with Crippen molar-refractivity contribution in [2.45, 2.75) is 24.3 Å². The molecule has 33 heavy (non-hydrogen) atoms. The molecule has 3 aromatic carbocycles. The van der Waals surface area contributed by atoms with Gasteiger partial charge >= 0.3 is 0 Å². The van der Waals surface area contributed by atoms with Gasteiger partial charge in [-0.3, -0.25) is 4.98 Å². The molecular formula is C26H24N2O4S. The predicted octanol–water partition coefficient (Wildman–Crippen LogP) is 5.18. The third-order valence-electron chi connectivity index (χ3n) is 5.78. The highest BCUT2D eigenvalue weighted by Gasteiger charge is 2.34. The topological polar surface area (TPSA) is 68.7 Å². The monoisotopic (exact) mass is 460 g/mol. The Kier molecular flexibility index (Phi) is 5.74. The van der Waals surface area contributed by atoms with Crippen molar-refractivity contribution in [2.24, 2.45) is 0 Å². The minimum Gasteiger partial charge on any atom is -0.487 e. The molecule has 1 fully saturated rings. The Hall–Kier alpha value is -3.42. The van der Waals surface area contributed by atoms with Crippen LogP contribution >= 0.6 is 0 Å². The van der Waals surface area contributed by atoms with Crippen molar-refractivity contribution in [3.05, 3.63) is 90.6 Å². The van der Waals surface area contributed by atoms with Crippen molar-refractivity contribution in [1.82, 2.24) is 9.29 Å². The molecule has 168 valence electrons. The van der Waals surface area contributed by atoms with E-state index in [-0.39, 0.29) is 11.0 Å². The van der Waals surface area contributed by atoms with Gasteiger partial charge in [-0.1, -0.05) is 36.4 Å². The van der Waals surface area contributed by atoms with Crippen LogP contribution < -0.4 is 9.47 Å². The van der Waals surface area contributed by atoms with E-state index < -0.39 is 10.0 Å². The maximum Gasteiger partial charge on any atom is 0.243 e. The summed E-state index contributed by atoms with van der Waals surface area (Å²) in [4.78, 5) is 4.66. The summed E-state index contributed by atoms with van der Waals surface area (Å²) in [5.74, 6) is 2.01. The molecule has 6 nitrogen and oxygen atoms in total. The van der Waals surface area contributed by atoms with Gasteiger partial charge in [0, 0.05) is 18.1 Å². The molecule has 0 radical (unpaired) electrons. The second-order valence-electron chi connectivity index (χ2n) is 8.06. The summed E-state index contributed by atoms with van der Waals surface area (Å²) in [5.41, 5.74) is 1.80. The van der Waals surface area contributed by atoms with Crippen LogP contribution in [0.4, 0.5) is 0 Å². The van der Waals surface area contributed by atoms with Crippen molar-refractivity contribution >= 4 is 20.9 Å². The quantitative estimate of drug-likeness (QED) is 0.397. The highest BCUT2D eigenvalue weighted by molar-refractivity contribution is 7.89. The van der Waals surface area contributed by atoms with Crippen molar-refractivity contribution in [3.63, 3.8) is 0 Å². The first-order valence-electron chi connectivity index (χ1n) is 10.8. The molecule has 1 saturated heterocycles. The smallest absolute Gasteiger partial charge is 0.243 e. The molecule has 0 spiro atoms. The van der Waals surface area contributed by atoms with Gasteiger partial charge in [-0.25, -0.2) is 8.42 Å². The van der Waals surface area contributed by atoms with Crippen LogP contribution in [-0.4, -0.2) is 36.9 Å². The second-order valence-corrected chi connectivity index (χ2v) is 10.00. The fourth-order valence-corrected chi connectivity index (χ4v) is 5.48. The molecule has 4 aromatic rings. The van der Waals surface area contributed by atoms with Gasteiger partial charge in [-0.15, -0.1) is 0 Å². The van der Waals surface area contributed by atoms with Crippen LogP contribution in [0.2, 0.25) is 0 Å². The number of rotatable bonds is 6. The molecular weight excluding hydrogens is 436 g/mol. The molecule has 0 N–H and O–H groups in total. The van der Waals surface area contributed by atoms with Crippen molar-refractivity contribution < 1.29 is 17.9 Å². The van der Waals surface area contributed by atoms with Gasteiger partial charge < -0.3 is 9.47 Å². The van der Waals surface area contributed by atoms with E-state index in [0.717, 1.165) is 22.2 Å². The molecule has 0 amide bonds. The maximum absolute atomic E-state index is 13.2. The average molecular weight is 461 g/mol. The van der Waals surface area contributed by atoms with E-state index in [1.165, 1.54) is 4.31 Å². The zero-order valence-corrected chi connectivity index (χ0v) is 19.0. The maximum atomic E-state index is 13.2. The molecule has 0 aliphatic carbocycles. The molecule has 1 aliphatic heterocycles. The molecule has 1 unspecified atom stereocenters. The van der Waals surface area contributed by atoms with Gasteiger partial charge in [0.05, 0.1) is 11.4 Å². The summed E-state index contributed by atoms with van der Waals surface area (Å²) in [5, 5.41) is 0.991. The first kappa shape index (κ1) is 21.4. The lowest BCUT2D eigenvalue weighted by molar-refractivity contribution is 0.218. The standard InChI is InChI=1S/C26H24N2O4S/c1-19-6-2-3-9-24(19)31-21-11-13-23(14-12-21)33(29,30)28-17-15-22(18-28)32-25-10-4-7-20-8-5-16-27-26(20)25/h2-14,16,22H,15,17-18H2,1H3. The molecule has 1 atom stereocenters. The van der Waals surface area contributed by atoms with Crippen LogP contribution in [0.1, 0.15) is 12.0 Å². The molecule has 0 saturated carbocycles. The third-order valence-corrected chi connectivity index (χ3v) is 7.66. The Morgan fingerprint density at radius 3 is 2.48 bits per heavy atom. The van der Waals surface area contributed by atoms with E-state index in [0.29, 0.717) is 31.0 Å². The van der Waals surface area contributed by atoms with Gasteiger partial charge in [-0.05, 0) is 61.4 Å². The summed E-state index contributed by atoms with van der Waals surface area (Å²) in [6, 6.07) is 23.9. The molecule has 7 heteroatoms. The second kappa shape index (κ2) is 8.84. The Morgan fingerprint density at radius 1 is 0.909 bits per heavy atom. The first-order chi connectivity index (χ1) is 16.0. The Morgan fingerprint density at radius 2 is 1.67 bits per heavy atom. The van der Waals surface area contributed by atoms with Crippen LogP contribution in [0.3, 0.4) is 0 Å². The number of hydrogen-bond acceptors (Lipinski definition) is 5. The summed E-state index contributed by atoms with van der Waals surface area (Å²) < 4.78 is 39.9. The Bertz CT molecular complexity index is 1380. The number of fused-ring (bicyclic) bond motifs is 1. The minimum atomic E-state index is -3.62. The lowest BCUT2D eigenvalue weighted by Crippen LogP contribution is -2.31. The number of para-hydroxylation sites is 2. The van der Waals surface area contributed by atoms with Gasteiger partial charge in [0.15, 0.2) is 0 Å². The van der Waals surface area contributed by atoms with E-state index in [1.807, 2.05) is 61.5 Å². The average Bonchev–Trinajstić information content (AvgIpc) is 3.31. The van der Waals surface area contributed by atoms with E-state index in [4.69, 9.17) is 9.47 Å². The van der Waals surface area contributed by atoms with E-state index in [9.17, 15) is 8.42 Å². The molecule has 0 bridgehead atoms. The normalized spacial score (nSPS) is 16.7. The lowest BCUT2D eigenvalue weighted by Gasteiger charge is -2.18. The first-order valence-corrected chi connectivity index (χ1v) is 12.3. The van der Waals surface area contributed by atoms with Crippen LogP contribution in [0.15, 0.2) is 90.0 Å². The number of sulfonamides is 1. The fraction of sp³-hybridized carbons (Fsp3) is 0.192. The summed E-state index contributed by atoms with van der Waals surface area (Å²) in [6.45, 7) is 2.67. The minimum absolute atomic E-state index is 0.226. The number of nitrogens with zero attached hydrogens (tertiary/aromatic N) is 2. The zero-order chi connectivity index (χ0) is 22.8. The lowest BCUT2D eigenvalue weighted by atomic mass is 10.2. The Labute approximate surface area is 193 Å². The van der Waals surface area contributed by atoms with E-state index in [2.05, 4.69) is 4.98 Å². The van der Waals surface area contributed by atoms with Crippen molar-refractivity contribution in [3.8, 4) is 17.2 Å². The third kappa shape index (κ3) is 4.42. The van der Waals surface area contributed by atoms with Crippen LogP contribution in [0, 0.1) is 6.92 Å². The summed E-state index contributed by atoms with van der Waals surface area (Å²) in [7, 11) is -3.62. The Balaban J connectivity index is 1.28. The highest BCUT2D eigenvalue weighted by atomic mass is 32.2. The van der Waals surface area contributed by atoms with Gasteiger partial charge in [0.25, 0.3) is 0 Å². The fourth-order valence-electron chi connectivity index (χ4n) is 3.99. The van der Waals surface area contributed by atoms with Crippen LogP contribution in [0.25, 0.3) is 10.9 Å². The molecule has 1 aromatic heterocycles. The van der Waals surface area contributed by atoms with Gasteiger partial charge in [0.2, 0.25) is 10.0 Å². The number of pyridine rings is 1. The van der Waals surface area contributed by atoms with Crippen molar-refractivity contribution in [2.75, 3.05) is 13.1 Å². The number of ether oxygens (including phenoxy) is 2. The largest absolute Gasteiger partial charge is 0.487 e. The zero-order valence-electron chi connectivity index (χ0n) is 18.2. The number of benzene rings is 3. The summed E-state index contributed by atoms with van der Waals surface area (Å²) >= 11 is 0. The van der Waals surface area contributed by atoms with Crippen molar-refractivity contribution in [1.29, 1.82) is 0 Å². The number of aryl methyl sites for hydroxylation is 1. The molecule has 1 aliphatic rings. The van der Waals surface area contributed by atoms with E-state index >= 15 is 0 Å². The highest BCUT2D eigenvalue weighted by Crippen LogP contribution is 2.30. The van der Waals surface area contributed by atoms with Gasteiger partial charge in [0.1, 0.15) is 28.9 Å². The summed E-state index contributed by atoms with van der Waals surface area (Å²) in [6.07, 6.45) is 2.13. The van der Waals surface area contributed by atoms with E-state index in [1.54, 1.807) is 30.5 Å². The number of hydrogen-bond donors (Lipinski definition) is 0. The molecule has 2 heterocycles. The van der Waals surface area contributed by atoms with Crippen LogP contribution in [0.5, 0.6) is 17.2 Å². The molecule has 5 rings (SSSR count). The van der Waals surface area contributed by atoms with Gasteiger partial charge in [-0.2, -0.15) is 4.31 Å². The SMILES string of the molecule is Cc1ccccc1Oc1ccc(S(=O)(=O)N2CCC(Oc3cccc4cccnc34)C2)cc1. The van der Waals surface area contributed by atoms with Crippen LogP contribution in [-0.2, 0) is 10.0 Å². The predicted molar refractivity (Wildman–Crippen MR) is 127 cm³/mol.